The molecule has 1 aromatic rings. The van der Waals surface area contributed by atoms with E-state index in [4.69, 9.17) is 5.73 Å². The van der Waals surface area contributed by atoms with Crippen LogP contribution in [0.15, 0.2) is 24.3 Å². The van der Waals surface area contributed by atoms with Crippen molar-refractivity contribution in [1.82, 2.24) is 0 Å². The van der Waals surface area contributed by atoms with Crippen LogP contribution < -0.4 is 10.5 Å². The van der Waals surface area contributed by atoms with Crippen LogP contribution in [0.1, 0.15) is 38.3 Å². The molecule has 1 rings (SSSR count). The molecule has 0 aliphatic carbocycles. The number of ether oxygens (including phenoxy) is 1. The van der Waals surface area contributed by atoms with Gasteiger partial charge in [-0.1, -0.05) is 32.4 Å². The number of benzene rings is 1. The number of hydrogen-bond acceptors (Lipinski definition) is 2. The summed E-state index contributed by atoms with van der Waals surface area (Å²) in [5.74, 6) is 0.682. The molecule has 0 radical (unpaired) electrons. The first-order valence-corrected chi connectivity index (χ1v) is 5.83. The zero-order valence-corrected chi connectivity index (χ0v) is 10.2. The lowest BCUT2D eigenvalue weighted by molar-refractivity contribution is -0.0499. The van der Waals surface area contributed by atoms with Gasteiger partial charge in [-0.05, 0) is 30.0 Å². The summed E-state index contributed by atoms with van der Waals surface area (Å²) in [5.41, 5.74) is 6.86. The first kappa shape index (κ1) is 13.9. The minimum absolute atomic E-state index is 0.133. The maximum Gasteiger partial charge on any atom is 0.387 e. The Bertz CT molecular complexity index is 344. The Morgan fingerprint density at radius 3 is 2.65 bits per heavy atom. The summed E-state index contributed by atoms with van der Waals surface area (Å²) in [5, 5.41) is 0. The summed E-state index contributed by atoms with van der Waals surface area (Å²) in [6.45, 7) is 1.43. The summed E-state index contributed by atoms with van der Waals surface area (Å²) in [6.07, 6.45) is 1.90. The van der Waals surface area contributed by atoms with Crippen LogP contribution in [0, 0.1) is 5.92 Å². The average molecular weight is 243 g/mol. The first-order chi connectivity index (χ1) is 8.02. The van der Waals surface area contributed by atoms with Crippen molar-refractivity contribution in [1.29, 1.82) is 0 Å². The molecule has 0 aliphatic heterocycles. The first-order valence-electron chi connectivity index (χ1n) is 5.83. The third-order valence-electron chi connectivity index (χ3n) is 2.86. The van der Waals surface area contributed by atoms with Crippen molar-refractivity contribution in [3.05, 3.63) is 29.8 Å². The van der Waals surface area contributed by atoms with Crippen molar-refractivity contribution in [3.63, 3.8) is 0 Å². The molecule has 0 aromatic heterocycles. The molecule has 0 heterocycles. The molecule has 0 bridgehead atoms. The van der Waals surface area contributed by atoms with Gasteiger partial charge in [0.05, 0.1) is 0 Å². The summed E-state index contributed by atoms with van der Waals surface area (Å²) in [4.78, 5) is 0. The van der Waals surface area contributed by atoms with E-state index < -0.39 is 6.61 Å². The quantitative estimate of drug-likeness (QED) is 0.826. The Hall–Kier alpha value is -1.16. The van der Waals surface area contributed by atoms with Gasteiger partial charge in [0.25, 0.3) is 0 Å². The molecule has 96 valence electrons. The molecule has 4 heteroatoms. The van der Waals surface area contributed by atoms with E-state index in [9.17, 15) is 8.78 Å². The highest BCUT2D eigenvalue weighted by Gasteiger charge is 2.12. The van der Waals surface area contributed by atoms with E-state index in [0.29, 0.717) is 5.92 Å². The number of halogens is 2. The van der Waals surface area contributed by atoms with Crippen LogP contribution in [-0.2, 0) is 0 Å². The molecule has 0 aliphatic rings. The van der Waals surface area contributed by atoms with E-state index in [2.05, 4.69) is 18.6 Å². The van der Waals surface area contributed by atoms with Gasteiger partial charge in [0.15, 0.2) is 0 Å². The smallest absolute Gasteiger partial charge is 0.387 e. The second kappa shape index (κ2) is 6.55. The van der Waals surface area contributed by atoms with E-state index in [1.165, 1.54) is 6.07 Å². The van der Waals surface area contributed by atoms with Crippen LogP contribution in [0.5, 0.6) is 5.75 Å². The molecule has 17 heavy (non-hydrogen) atoms. The Balaban J connectivity index is 2.70. The molecule has 0 saturated heterocycles. The lowest BCUT2D eigenvalue weighted by Gasteiger charge is -2.17. The number of hydrogen-bond donors (Lipinski definition) is 1. The van der Waals surface area contributed by atoms with Gasteiger partial charge in [-0.15, -0.1) is 0 Å². The van der Waals surface area contributed by atoms with Gasteiger partial charge < -0.3 is 10.5 Å². The zero-order chi connectivity index (χ0) is 12.8. The van der Waals surface area contributed by atoms with Gasteiger partial charge in [0, 0.05) is 6.04 Å². The lowest BCUT2D eigenvalue weighted by Crippen LogP contribution is -2.14. The number of nitrogens with two attached hydrogens (primary N) is 1. The molecular formula is C13H19F2NO. The summed E-state index contributed by atoms with van der Waals surface area (Å²) in [6, 6.07) is 6.48. The predicted molar refractivity (Wildman–Crippen MR) is 64.1 cm³/mol. The third kappa shape index (κ3) is 4.69. The summed E-state index contributed by atoms with van der Waals surface area (Å²) in [7, 11) is 0. The molecule has 0 amide bonds. The highest BCUT2D eigenvalue weighted by molar-refractivity contribution is 5.30. The van der Waals surface area contributed by atoms with Crippen molar-refractivity contribution in [3.8, 4) is 5.75 Å². The highest BCUT2D eigenvalue weighted by atomic mass is 19.3. The molecule has 0 spiro atoms. The minimum Gasteiger partial charge on any atom is -0.435 e. The van der Waals surface area contributed by atoms with Crippen molar-refractivity contribution in [2.24, 2.45) is 11.7 Å². The van der Waals surface area contributed by atoms with Gasteiger partial charge in [0.1, 0.15) is 5.75 Å². The van der Waals surface area contributed by atoms with Gasteiger partial charge in [-0.3, -0.25) is 0 Å². The highest BCUT2D eigenvalue weighted by Crippen LogP contribution is 2.24. The molecular weight excluding hydrogens is 224 g/mol. The average Bonchev–Trinajstić information content (AvgIpc) is 2.28. The predicted octanol–water partition coefficient (Wildman–Crippen LogP) is 3.72. The van der Waals surface area contributed by atoms with Crippen LogP contribution in [0.4, 0.5) is 8.78 Å². The molecule has 0 fully saturated rings. The number of alkyl halides is 2. The maximum absolute atomic E-state index is 12.1. The van der Waals surface area contributed by atoms with E-state index in [1.807, 2.05) is 6.07 Å². The molecule has 1 aromatic carbocycles. The van der Waals surface area contributed by atoms with Crippen LogP contribution in [0.25, 0.3) is 0 Å². The van der Waals surface area contributed by atoms with Gasteiger partial charge in [0.2, 0.25) is 0 Å². The second-order valence-electron chi connectivity index (χ2n) is 4.31. The topological polar surface area (TPSA) is 35.2 Å². The van der Waals surface area contributed by atoms with E-state index in [1.54, 1.807) is 12.1 Å². The fourth-order valence-electron chi connectivity index (χ4n) is 1.66. The zero-order valence-electron chi connectivity index (χ0n) is 10.2. The van der Waals surface area contributed by atoms with Gasteiger partial charge in [-0.2, -0.15) is 8.78 Å². The van der Waals surface area contributed by atoms with E-state index in [0.717, 1.165) is 18.4 Å². The van der Waals surface area contributed by atoms with Crippen LogP contribution in [0.3, 0.4) is 0 Å². The molecule has 2 nitrogen and oxygen atoms in total. The standard InChI is InChI=1S/C13H19F2NO/c1-3-9(2)7-12(16)10-5-4-6-11(8-10)17-13(14)15/h4-6,8-9,12-13H,3,7,16H2,1-2H3. The Labute approximate surface area is 101 Å². The Morgan fingerprint density at radius 1 is 1.35 bits per heavy atom. The van der Waals surface area contributed by atoms with Crippen LogP contribution >= 0.6 is 0 Å². The lowest BCUT2D eigenvalue weighted by atomic mass is 9.95. The minimum atomic E-state index is -2.80. The van der Waals surface area contributed by atoms with Crippen molar-refractivity contribution in [2.45, 2.75) is 39.3 Å². The van der Waals surface area contributed by atoms with Gasteiger partial charge in [-0.25, -0.2) is 0 Å². The molecule has 0 saturated carbocycles. The van der Waals surface area contributed by atoms with Crippen molar-refractivity contribution < 1.29 is 13.5 Å². The monoisotopic (exact) mass is 243 g/mol. The summed E-state index contributed by atoms with van der Waals surface area (Å²) >= 11 is 0. The second-order valence-corrected chi connectivity index (χ2v) is 4.31. The third-order valence-corrected chi connectivity index (χ3v) is 2.86. The Kier molecular flexibility index (Phi) is 5.35. The van der Waals surface area contributed by atoms with Gasteiger partial charge >= 0.3 is 6.61 Å². The normalized spacial score (nSPS) is 14.7. The number of rotatable bonds is 6. The Morgan fingerprint density at radius 2 is 2.06 bits per heavy atom. The van der Waals surface area contributed by atoms with Crippen molar-refractivity contribution >= 4 is 0 Å². The van der Waals surface area contributed by atoms with Crippen LogP contribution in [0.2, 0.25) is 0 Å². The molecule has 2 N–H and O–H groups in total. The SMILES string of the molecule is CCC(C)CC(N)c1cccc(OC(F)F)c1. The van der Waals surface area contributed by atoms with Crippen molar-refractivity contribution in [2.75, 3.05) is 0 Å². The maximum atomic E-state index is 12.1. The fraction of sp³-hybridized carbons (Fsp3) is 0.538. The molecule has 2 atom stereocenters. The fourth-order valence-corrected chi connectivity index (χ4v) is 1.66. The van der Waals surface area contributed by atoms with Crippen LogP contribution in [-0.4, -0.2) is 6.61 Å². The van der Waals surface area contributed by atoms with E-state index >= 15 is 0 Å². The largest absolute Gasteiger partial charge is 0.435 e. The van der Waals surface area contributed by atoms with E-state index in [-0.39, 0.29) is 11.8 Å². The molecule has 2 unspecified atom stereocenters. The summed E-state index contributed by atoms with van der Waals surface area (Å²) < 4.78 is 28.5.